The van der Waals surface area contributed by atoms with Crippen molar-refractivity contribution in [2.24, 2.45) is 5.92 Å². The molecule has 5 nitrogen and oxygen atoms in total. The predicted octanol–water partition coefficient (Wildman–Crippen LogP) is 6.34. The molecule has 2 aromatic rings. The summed E-state index contributed by atoms with van der Waals surface area (Å²) in [5, 5.41) is 5.23. The van der Waals surface area contributed by atoms with Gasteiger partial charge in [-0.3, -0.25) is 9.69 Å². The molecule has 33 heavy (non-hydrogen) atoms. The lowest BCUT2D eigenvalue weighted by Gasteiger charge is -2.55. The van der Waals surface area contributed by atoms with E-state index in [1.165, 1.54) is 57.1 Å². The summed E-state index contributed by atoms with van der Waals surface area (Å²) >= 11 is 0. The summed E-state index contributed by atoms with van der Waals surface area (Å²) in [5.41, 5.74) is 0.534. The van der Waals surface area contributed by atoms with Gasteiger partial charge >= 0.3 is 0 Å². The van der Waals surface area contributed by atoms with Gasteiger partial charge in [-0.25, -0.2) is 9.07 Å². The number of carbonyl (C=O) groups is 1. The number of anilines is 1. The maximum atomic E-state index is 13.9. The molecular formula is C27H35FN4O. The molecular weight excluding hydrogens is 415 g/mol. The molecule has 0 N–H and O–H groups in total. The minimum atomic E-state index is -0.315. The Balaban J connectivity index is 1.49. The molecule has 4 aliphatic rings. The second-order valence-corrected chi connectivity index (χ2v) is 10.8. The molecule has 6 rings (SSSR count). The number of halogens is 1. The van der Waals surface area contributed by atoms with Crippen molar-refractivity contribution in [2.45, 2.75) is 107 Å². The summed E-state index contributed by atoms with van der Waals surface area (Å²) in [6.45, 7) is 0. The van der Waals surface area contributed by atoms with Gasteiger partial charge in [0.25, 0.3) is 5.91 Å². The van der Waals surface area contributed by atoms with Gasteiger partial charge in [-0.15, -0.1) is 0 Å². The molecule has 1 aromatic heterocycles. The van der Waals surface area contributed by atoms with Crippen LogP contribution in [0, 0.1) is 11.7 Å². The smallest absolute Gasteiger partial charge is 0.260 e. The van der Waals surface area contributed by atoms with Crippen LogP contribution in [0.25, 0.3) is 0 Å². The molecule has 1 spiro atoms. The van der Waals surface area contributed by atoms with Crippen LogP contribution in [-0.2, 0) is 5.54 Å². The largest absolute Gasteiger partial charge is 0.273 e. The normalized spacial score (nSPS) is 27.2. The average Bonchev–Trinajstić information content (AvgIpc) is 3.32. The zero-order valence-electron chi connectivity index (χ0n) is 19.5. The van der Waals surface area contributed by atoms with E-state index in [1.54, 1.807) is 12.1 Å². The van der Waals surface area contributed by atoms with Gasteiger partial charge in [0, 0.05) is 23.4 Å². The zero-order valence-corrected chi connectivity index (χ0v) is 19.5. The summed E-state index contributed by atoms with van der Waals surface area (Å²) < 4.78 is 15.8. The van der Waals surface area contributed by atoms with Crippen LogP contribution in [0.15, 0.2) is 24.3 Å². The SMILES string of the molecule is O=C(c1ccc(F)cc1)N1c2nc(C3CCCCC3)nn2C2(CCCCC2)[C@@H]2CCCC[C@@H]21. The van der Waals surface area contributed by atoms with Gasteiger partial charge < -0.3 is 0 Å². The van der Waals surface area contributed by atoms with Crippen LogP contribution >= 0.6 is 0 Å². The summed E-state index contributed by atoms with van der Waals surface area (Å²) in [6.07, 6.45) is 16.7. The van der Waals surface area contributed by atoms with E-state index in [-0.39, 0.29) is 23.3 Å². The fraction of sp³-hybridized carbons (Fsp3) is 0.667. The molecule has 1 aromatic carbocycles. The van der Waals surface area contributed by atoms with Crippen LogP contribution in [0.5, 0.6) is 0 Å². The van der Waals surface area contributed by atoms with E-state index in [0.29, 0.717) is 17.4 Å². The first-order valence-electron chi connectivity index (χ1n) is 13.2. The average molecular weight is 451 g/mol. The highest BCUT2D eigenvalue weighted by Crippen LogP contribution is 2.53. The number of amides is 1. The second-order valence-electron chi connectivity index (χ2n) is 10.8. The third-order valence-electron chi connectivity index (χ3n) is 8.99. The van der Waals surface area contributed by atoms with Gasteiger partial charge in [0.1, 0.15) is 5.82 Å². The van der Waals surface area contributed by atoms with E-state index in [0.717, 1.165) is 56.7 Å². The molecule has 3 fully saturated rings. The fourth-order valence-corrected chi connectivity index (χ4v) is 7.38. The zero-order chi connectivity index (χ0) is 22.4. The van der Waals surface area contributed by atoms with Gasteiger partial charge in [-0.2, -0.15) is 10.1 Å². The number of carbonyl (C=O) groups excluding carboxylic acids is 1. The summed E-state index contributed by atoms with van der Waals surface area (Å²) in [4.78, 5) is 21.0. The van der Waals surface area contributed by atoms with Crippen LogP contribution in [0.1, 0.15) is 112 Å². The van der Waals surface area contributed by atoms with Crippen molar-refractivity contribution in [1.82, 2.24) is 14.8 Å². The molecule has 1 amide bonds. The van der Waals surface area contributed by atoms with Crippen molar-refractivity contribution in [3.05, 3.63) is 41.5 Å². The lowest BCUT2D eigenvalue weighted by atomic mass is 9.64. The lowest BCUT2D eigenvalue weighted by Crippen LogP contribution is -2.61. The first kappa shape index (κ1) is 21.3. The number of aromatic nitrogens is 3. The minimum absolute atomic E-state index is 0.00182. The van der Waals surface area contributed by atoms with Crippen molar-refractivity contribution >= 4 is 11.9 Å². The van der Waals surface area contributed by atoms with Crippen molar-refractivity contribution in [3.63, 3.8) is 0 Å². The van der Waals surface area contributed by atoms with Crippen molar-refractivity contribution in [2.75, 3.05) is 4.90 Å². The molecule has 0 unspecified atom stereocenters. The Bertz CT molecular complexity index is 1000. The quantitative estimate of drug-likeness (QED) is 0.536. The molecule has 1 aliphatic heterocycles. The first-order valence-corrected chi connectivity index (χ1v) is 13.2. The third kappa shape index (κ3) is 3.52. The van der Waals surface area contributed by atoms with Crippen LogP contribution in [-0.4, -0.2) is 26.7 Å². The second kappa shape index (κ2) is 8.52. The predicted molar refractivity (Wildman–Crippen MR) is 126 cm³/mol. The topological polar surface area (TPSA) is 51.0 Å². The van der Waals surface area contributed by atoms with Gasteiger partial charge in [-0.05, 0) is 62.8 Å². The number of hydrogen-bond acceptors (Lipinski definition) is 3. The van der Waals surface area contributed by atoms with Gasteiger partial charge in [0.15, 0.2) is 5.82 Å². The monoisotopic (exact) mass is 450 g/mol. The van der Waals surface area contributed by atoms with Crippen LogP contribution in [0.4, 0.5) is 10.3 Å². The molecule has 0 saturated heterocycles. The molecule has 3 aliphatic carbocycles. The van der Waals surface area contributed by atoms with Crippen LogP contribution in [0.2, 0.25) is 0 Å². The Hall–Kier alpha value is -2.24. The molecule has 176 valence electrons. The molecule has 0 radical (unpaired) electrons. The van der Waals surface area contributed by atoms with Crippen molar-refractivity contribution in [1.29, 1.82) is 0 Å². The summed E-state index contributed by atoms with van der Waals surface area (Å²) in [5.74, 6) is 2.16. The lowest BCUT2D eigenvalue weighted by molar-refractivity contribution is 0.0309. The van der Waals surface area contributed by atoms with E-state index >= 15 is 0 Å². The van der Waals surface area contributed by atoms with Gasteiger partial charge in [-0.1, -0.05) is 51.4 Å². The first-order chi connectivity index (χ1) is 16.2. The number of fused-ring (bicyclic) bond motifs is 4. The highest BCUT2D eigenvalue weighted by atomic mass is 19.1. The maximum Gasteiger partial charge on any atom is 0.260 e. The van der Waals surface area contributed by atoms with E-state index < -0.39 is 0 Å². The Morgan fingerprint density at radius 1 is 0.879 bits per heavy atom. The number of nitrogens with zero attached hydrogens (tertiary/aromatic N) is 4. The summed E-state index contributed by atoms with van der Waals surface area (Å²) in [7, 11) is 0. The third-order valence-corrected chi connectivity index (χ3v) is 8.99. The standard InChI is InChI=1S/C27H35FN4O/c28-21-15-13-20(14-16-21)25(33)31-23-12-6-5-11-22(23)27(17-7-2-8-18-27)32-26(31)29-24(30-32)19-9-3-1-4-10-19/h13-16,19,22-23H,1-12,17-18H2/t22-,23+/m1/s1. The van der Waals surface area contributed by atoms with Crippen LogP contribution in [0.3, 0.4) is 0 Å². The molecule has 2 heterocycles. The highest BCUT2D eigenvalue weighted by Gasteiger charge is 2.55. The van der Waals surface area contributed by atoms with E-state index in [9.17, 15) is 9.18 Å². The van der Waals surface area contributed by atoms with Gasteiger partial charge in [0.2, 0.25) is 5.95 Å². The summed E-state index contributed by atoms with van der Waals surface area (Å²) in [6, 6.07) is 6.16. The van der Waals surface area contributed by atoms with E-state index in [1.807, 2.05) is 4.90 Å². The van der Waals surface area contributed by atoms with Crippen molar-refractivity contribution < 1.29 is 9.18 Å². The number of rotatable bonds is 2. The molecule has 2 atom stereocenters. The van der Waals surface area contributed by atoms with E-state index in [2.05, 4.69) is 4.68 Å². The Morgan fingerprint density at radius 2 is 1.55 bits per heavy atom. The number of benzene rings is 1. The van der Waals surface area contributed by atoms with Gasteiger partial charge in [0.05, 0.1) is 5.54 Å². The fourth-order valence-electron chi connectivity index (χ4n) is 7.38. The molecule has 0 bridgehead atoms. The Morgan fingerprint density at radius 3 is 2.30 bits per heavy atom. The Kier molecular flexibility index (Phi) is 5.50. The maximum absolute atomic E-state index is 13.9. The minimum Gasteiger partial charge on any atom is -0.273 e. The van der Waals surface area contributed by atoms with Crippen molar-refractivity contribution in [3.8, 4) is 0 Å². The molecule has 6 heteroatoms. The van der Waals surface area contributed by atoms with Crippen LogP contribution < -0.4 is 4.90 Å². The molecule has 3 saturated carbocycles. The highest BCUT2D eigenvalue weighted by molar-refractivity contribution is 6.05. The number of hydrogen-bond donors (Lipinski definition) is 0. The van der Waals surface area contributed by atoms with E-state index in [4.69, 9.17) is 10.1 Å². The Labute approximate surface area is 195 Å².